The summed E-state index contributed by atoms with van der Waals surface area (Å²) in [5, 5.41) is 5.07. The second kappa shape index (κ2) is 12.0. The highest BCUT2D eigenvalue weighted by Crippen LogP contribution is 2.47. The van der Waals surface area contributed by atoms with Gasteiger partial charge in [-0.3, -0.25) is 9.11 Å². The maximum absolute atomic E-state index is 11.5. The van der Waals surface area contributed by atoms with Crippen molar-refractivity contribution in [3.05, 3.63) is 81.6 Å². The molecule has 8 nitrogen and oxygen atoms in total. The molecule has 0 fully saturated rings. The van der Waals surface area contributed by atoms with E-state index in [9.17, 15) is 25.9 Å². The van der Waals surface area contributed by atoms with E-state index in [1.54, 1.807) is 34.4 Å². The summed E-state index contributed by atoms with van der Waals surface area (Å²) in [6, 6.07) is 21.0. The Labute approximate surface area is 262 Å². The predicted octanol–water partition coefficient (Wildman–Crippen LogP) is 6.85. The van der Waals surface area contributed by atoms with Crippen LogP contribution in [0.5, 0.6) is 0 Å². The van der Waals surface area contributed by atoms with Crippen LogP contribution >= 0.6 is 34.4 Å². The van der Waals surface area contributed by atoms with Crippen molar-refractivity contribution in [2.24, 2.45) is 0 Å². The molecule has 2 N–H and O–H groups in total. The predicted molar refractivity (Wildman–Crippen MR) is 177 cm³/mol. The third kappa shape index (κ3) is 6.98. The summed E-state index contributed by atoms with van der Waals surface area (Å²) in [4.78, 5) is 3.13. The minimum atomic E-state index is -4.11. The molecule has 2 aromatic heterocycles. The van der Waals surface area contributed by atoms with Gasteiger partial charge in [0.05, 0.1) is 28.3 Å². The average Bonchev–Trinajstić information content (AvgIpc) is 3.63. The normalized spacial score (nSPS) is 14.8. The Morgan fingerprint density at radius 3 is 2.35 bits per heavy atom. The number of rotatable bonds is 10. The van der Waals surface area contributed by atoms with Crippen LogP contribution in [0.2, 0.25) is 0 Å². The van der Waals surface area contributed by atoms with Crippen molar-refractivity contribution in [2.75, 3.05) is 23.0 Å². The molecule has 6 rings (SSSR count). The second-order valence-corrected chi connectivity index (χ2v) is 16.7. The van der Waals surface area contributed by atoms with Crippen LogP contribution in [0.15, 0.2) is 76.0 Å². The van der Waals surface area contributed by atoms with Crippen molar-refractivity contribution >= 4 is 86.7 Å². The molecule has 1 aliphatic heterocycles. The Morgan fingerprint density at radius 1 is 0.860 bits per heavy atom. The Kier molecular flexibility index (Phi) is 8.41. The summed E-state index contributed by atoms with van der Waals surface area (Å²) >= 11 is 4.88. The Bertz CT molecular complexity index is 2100. The van der Waals surface area contributed by atoms with E-state index in [1.807, 2.05) is 19.1 Å². The van der Waals surface area contributed by atoms with Crippen LogP contribution in [0.4, 0.5) is 5.69 Å². The van der Waals surface area contributed by atoms with Gasteiger partial charge in [-0.05, 0) is 77.2 Å². The fourth-order valence-corrected chi connectivity index (χ4v) is 9.27. The lowest BCUT2D eigenvalue weighted by Crippen LogP contribution is -2.36. The van der Waals surface area contributed by atoms with Gasteiger partial charge in [0.15, 0.2) is 6.54 Å². The zero-order valence-electron chi connectivity index (χ0n) is 23.1. The largest absolute Gasteiger partial charge is 0.335 e. The SMILES string of the molecule is Cc1ccc2c(c1)N(CCCS(=O)(=O)O)C(=Cc1sc3ccc(-c4ccc5sccc5c4)cc3[n+]1CCCS(=O)(=O)O)S2. The minimum Gasteiger partial charge on any atom is -0.335 e. The Hall–Kier alpha value is -2.78. The number of benzene rings is 3. The number of fused-ring (bicyclic) bond motifs is 3. The van der Waals surface area contributed by atoms with E-state index in [0.29, 0.717) is 13.1 Å². The highest BCUT2D eigenvalue weighted by molar-refractivity contribution is 8.04. The smallest absolute Gasteiger partial charge is 0.265 e. The fraction of sp³-hybridized carbons (Fsp3) is 0.233. The number of thiazole rings is 1. The quantitative estimate of drug-likeness (QED) is 0.122. The zero-order chi connectivity index (χ0) is 30.4. The maximum Gasteiger partial charge on any atom is 0.265 e. The molecule has 3 heterocycles. The van der Waals surface area contributed by atoms with Crippen LogP contribution in [0.25, 0.3) is 37.5 Å². The van der Waals surface area contributed by atoms with Crippen LogP contribution in [-0.4, -0.2) is 44.0 Å². The van der Waals surface area contributed by atoms with Gasteiger partial charge in [-0.15, -0.1) is 11.3 Å². The van der Waals surface area contributed by atoms with Gasteiger partial charge < -0.3 is 4.90 Å². The first kappa shape index (κ1) is 30.3. The van der Waals surface area contributed by atoms with Crippen LogP contribution in [0.3, 0.4) is 0 Å². The molecule has 0 radical (unpaired) electrons. The molecule has 224 valence electrons. The lowest BCUT2D eigenvalue weighted by molar-refractivity contribution is -0.668. The monoisotopic (exact) mass is 673 g/mol. The Balaban J connectivity index is 1.42. The number of aromatic nitrogens is 1. The molecule has 5 aromatic rings. The van der Waals surface area contributed by atoms with E-state index in [1.165, 1.54) is 10.1 Å². The van der Waals surface area contributed by atoms with Gasteiger partial charge >= 0.3 is 0 Å². The first-order valence-corrected chi connectivity index (χ1v) is 19.3. The number of hydrogen-bond donors (Lipinski definition) is 2. The lowest BCUT2D eigenvalue weighted by atomic mass is 10.0. The first-order valence-electron chi connectivity index (χ1n) is 13.6. The maximum atomic E-state index is 11.5. The van der Waals surface area contributed by atoms with E-state index in [4.69, 9.17) is 0 Å². The molecule has 0 atom stereocenters. The number of thiophene rings is 1. The van der Waals surface area contributed by atoms with Crippen molar-refractivity contribution in [3.8, 4) is 11.1 Å². The van der Waals surface area contributed by atoms with E-state index >= 15 is 0 Å². The first-order chi connectivity index (χ1) is 20.4. The molecule has 0 unspecified atom stereocenters. The van der Waals surface area contributed by atoms with Crippen molar-refractivity contribution < 1.29 is 30.5 Å². The molecule has 0 aliphatic carbocycles. The van der Waals surface area contributed by atoms with Crippen molar-refractivity contribution in [3.63, 3.8) is 0 Å². The molecular formula is C30H29N2O6S5+. The van der Waals surface area contributed by atoms with Gasteiger partial charge in [0.1, 0.15) is 4.70 Å². The Morgan fingerprint density at radius 2 is 1.58 bits per heavy atom. The van der Waals surface area contributed by atoms with E-state index < -0.39 is 20.2 Å². The number of nitrogens with zero attached hydrogens (tertiary/aromatic N) is 2. The van der Waals surface area contributed by atoms with Gasteiger partial charge in [-0.25, -0.2) is 0 Å². The number of thioether (sulfide) groups is 1. The zero-order valence-corrected chi connectivity index (χ0v) is 27.2. The molecule has 0 saturated heterocycles. The van der Waals surface area contributed by atoms with Gasteiger partial charge in [-0.1, -0.05) is 41.3 Å². The van der Waals surface area contributed by atoms with Gasteiger partial charge in [-0.2, -0.15) is 21.4 Å². The highest BCUT2D eigenvalue weighted by atomic mass is 32.2. The summed E-state index contributed by atoms with van der Waals surface area (Å²) < 4.78 is 69.0. The molecule has 43 heavy (non-hydrogen) atoms. The molecule has 13 heteroatoms. The minimum absolute atomic E-state index is 0.237. The third-order valence-electron chi connectivity index (χ3n) is 7.22. The molecule has 0 bridgehead atoms. The van der Waals surface area contributed by atoms with Crippen molar-refractivity contribution in [1.82, 2.24) is 0 Å². The van der Waals surface area contributed by atoms with Crippen LogP contribution < -0.4 is 9.47 Å². The van der Waals surface area contributed by atoms with Crippen molar-refractivity contribution in [1.29, 1.82) is 0 Å². The molecule has 1 aliphatic rings. The number of hydrogen-bond acceptors (Lipinski definition) is 8. The summed E-state index contributed by atoms with van der Waals surface area (Å²) in [7, 11) is -8.19. The van der Waals surface area contributed by atoms with Gasteiger partial charge in [0.2, 0.25) is 5.52 Å². The topological polar surface area (TPSA) is 116 Å². The van der Waals surface area contributed by atoms with E-state index in [0.717, 1.165) is 47.5 Å². The van der Waals surface area contributed by atoms with E-state index in [-0.39, 0.29) is 24.3 Å². The second-order valence-electron chi connectivity index (χ2n) is 10.4. The fourth-order valence-electron chi connectivity index (χ4n) is 5.23. The van der Waals surface area contributed by atoms with Crippen molar-refractivity contribution in [2.45, 2.75) is 31.2 Å². The lowest BCUT2D eigenvalue weighted by Gasteiger charge is -2.20. The summed E-state index contributed by atoms with van der Waals surface area (Å²) in [6.45, 7) is 2.79. The van der Waals surface area contributed by atoms with Crippen LogP contribution in [0.1, 0.15) is 23.4 Å². The van der Waals surface area contributed by atoms with E-state index in [2.05, 4.69) is 69.5 Å². The standard InChI is InChI=1S/C30H28N2O6S5/c1-20-4-7-27-24(16-20)31(11-2-14-42(33,34)35)29(40-27)19-30-32(12-3-15-43(36,37)38)25-18-22(6-9-28(25)41-30)21-5-8-26-23(17-21)10-13-39-26/h4-10,13,16-19H,2-3,11-12,14-15H2,1H3,(H-,33,34,35,36,37,38)/p+1. The van der Waals surface area contributed by atoms with Gasteiger partial charge in [0.25, 0.3) is 25.2 Å². The summed E-state index contributed by atoms with van der Waals surface area (Å²) in [5.74, 6) is -0.676. The third-order valence-corrected chi connectivity index (χ3v) is 11.9. The number of aryl methyl sites for hydroxylation is 2. The summed E-state index contributed by atoms with van der Waals surface area (Å²) in [5.41, 5.74) is 5.16. The molecular weight excluding hydrogens is 645 g/mol. The number of anilines is 1. The van der Waals surface area contributed by atoms with Gasteiger partial charge in [0, 0.05) is 28.6 Å². The molecule has 0 amide bonds. The molecule has 3 aromatic carbocycles. The van der Waals surface area contributed by atoms with Crippen LogP contribution in [-0.2, 0) is 26.8 Å². The summed E-state index contributed by atoms with van der Waals surface area (Å²) in [6.07, 6.45) is 2.55. The average molecular weight is 674 g/mol. The highest BCUT2D eigenvalue weighted by Gasteiger charge is 2.28. The molecule has 0 saturated carbocycles. The van der Waals surface area contributed by atoms with Crippen LogP contribution in [0, 0.1) is 6.92 Å². The molecule has 0 spiro atoms.